The van der Waals surface area contributed by atoms with Crippen LogP contribution in [0.3, 0.4) is 0 Å². The lowest BCUT2D eigenvalue weighted by Gasteiger charge is -2.16. The van der Waals surface area contributed by atoms with Crippen molar-refractivity contribution in [3.8, 4) is 0 Å². The maximum absolute atomic E-state index is 12.0. The molecular formula is C16H23N3O3. The number of rotatable bonds is 6. The quantitative estimate of drug-likeness (QED) is 0.646. The molecule has 120 valence electrons. The lowest BCUT2D eigenvalue weighted by Crippen LogP contribution is -2.39. The van der Waals surface area contributed by atoms with E-state index in [1.807, 2.05) is 13.8 Å². The van der Waals surface area contributed by atoms with E-state index in [0.29, 0.717) is 23.7 Å². The molecule has 1 unspecified atom stereocenters. The number of nitrogens with one attached hydrogen (secondary N) is 3. The number of amides is 3. The van der Waals surface area contributed by atoms with Gasteiger partial charge in [0.25, 0.3) is 5.91 Å². The van der Waals surface area contributed by atoms with Crippen LogP contribution in [-0.2, 0) is 0 Å². The van der Waals surface area contributed by atoms with Crippen LogP contribution in [-0.4, -0.2) is 35.7 Å². The molecule has 3 amide bonds. The molecule has 6 nitrogen and oxygen atoms in total. The molecule has 22 heavy (non-hydrogen) atoms. The fourth-order valence-electron chi connectivity index (χ4n) is 2.01. The van der Waals surface area contributed by atoms with Crippen LogP contribution in [0.15, 0.2) is 18.2 Å². The van der Waals surface area contributed by atoms with E-state index in [-0.39, 0.29) is 24.6 Å². The highest BCUT2D eigenvalue weighted by Gasteiger charge is 2.24. The average molecular weight is 305 g/mol. The summed E-state index contributed by atoms with van der Waals surface area (Å²) in [5, 5.41) is 17.4. The first-order valence-electron chi connectivity index (χ1n) is 7.63. The van der Waals surface area contributed by atoms with Crippen molar-refractivity contribution < 1.29 is 14.7 Å². The van der Waals surface area contributed by atoms with Crippen LogP contribution >= 0.6 is 0 Å². The summed E-state index contributed by atoms with van der Waals surface area (Å²) in [5.41, 5.74) is 1.99. The lowest BCUT2D eigenvalue weighted by molar-refractivity contribution is 0.0951. The van der Waals surface area contributed by atoms with Gasteiger partial charge in [-0.15, -0.1) is 0 Å². The van der Waals surface area contributed by atoms with Gasteiger partial charge >= 0.3 is 6.03 Å². The topological polar surface area (TPSA) is 90.5 Å². The summed E-state index contributed by atoms with van der Waals surface area (Å²) in [6, 6.07) is 4.86. The highest BCUT2D eigenvalue weighted by atomic mass is 16.3. The predicted molar refractivity (Wildman–Crippen MR) is 85.0 cm³/mol. The molecule has 1 atom stereocenters. The molecule has 0 radical (unpaired) electrons. The zero-order valence-electron chi connectivity index (χ0n) is 13.0. The van der Waals surface area contributed by atoms with Crippen molar-refractivity contribution in [2.75, 3.05) is 11.9 Å². The summed E-state index contributed by atoms with van der Waals surface area (Å²) in [4.78, 5) is 24.0. The van der Waals surface area contributed by atoms with Gasteiger partial charge in [0, 0.05) is 17.3 Å². The summed E-state index contributed by atoms with van der Waals surface area (Å²) < 4.78 is 0. The number of benzene rings is 1. The van der Waals surface area contributed by atoms with Crippen molar-refractivity contribution in [3.05, 3.63) is 29.3 Å². The van der Waals surface area contributed by atoms with E-state index in [9.17, 15) is 9.59 Å². The van der Waals surface area contributed by atoms with Gasteiger partial charge < -0.3 is 21.1 Å². The monoisotopic (exact) mass is 305 g/mol. The van der Waals surface area contributed by atoms with Crippen molar-refractivity contribution in [1.82, 2.24) is 10.6 Å². The van der Waals surface area contributed by atoms with E-state index in [1.54, 1.807) is 18.2 Å². The third-order valence-electron chi connectivity index (χ3n) is 3.71. The van der Waals surface area contributed by atoms with Gasteiger partial charge in [-0.3, -0.25) is 4.79 Å². The molecule has 0 aromatic heterocycles. The molecule has 1 aliphatic carbocycles. The highest BCUT2D eigenvalue weighted by molar-refractivity contribution is 5.97. The largest absolute Gasteiger partial charge is 0.394 e. The van der Waals surface area contributed by atoms with Crippen LogP contribution in [0.2, 0.25) is 0 Å². The number of hydrogen-bond acceptors (Lipinski definition) is 3. The zero-order chi connectivity index (χ0) is 16.1. The fraction of sp³-hybridized carbons (Fsp3) is 0.500. The molecule has 2 rings (SSSR count). The van der Waals surface area contributed by atoms with Gasteiger partial charge in [0.2, 0.25) is 0 Å². The lowest BCUT2D eigenvalue weighted by atomic mass is 10.1. The van der Waals surface area contributed by atoms with Crippen LogP contribution in [0.4, 0.5) is 10.5 Å². The molecular weight excluding hydrogens is 282 g/mol. The molecule has 1 aromatic carbocycles. The molecule has 0 saturated heterocycles. The summed E-state index contributed by atoms with van der Waals surface area (Å²) in [6.07, 6.45) is 2.71. The minimum Gasteiger partial charge on any atom is -0.394 e. The summed E-state index contributed by atoms with van der Waals surface area (Å²) >= 11 is 0. The minimum absolute atomic E-state index is 0.104. The van der Waals surface area contributed by atoms with Crippen molar-refractivity contribution >= 4 is 17.6 Å². The summed E-state index contributed by atoms with van der Waals surface area (Å²) in [6.45, 7) is 3.64. The van der Waals surface area contributed by atoms with Gasteiger partial charge in [-0.1, -0.05) is 13.0 Å². The van der Waals surface area contributed by atoms with Gasteiger partial charge in [0.1, 0.15) is 0 Å². The van der Waals surface area contributed by atoms with E-state index in [0.717, 1.165) is 18.4 Å². The van der Waals surface area contributed by atoms with Crippen LogP contribution < -0.4 is 16.0 Å². The molecule has 1 fully saturated rings. The minimum atomic E-state index is -0.385. The number of urea groups is 1. The Bertz CT molecular complexity index is 552. The summed E-state index contributed by atoms with van der Waals surface area (Å²) in [5.74, 6) is -0.118. The van der Waals surface area contributed by atoms with Crippen molar-refractivity contribution in [2.45, 2.75) is 45.2 Å². The molecule has 0 heterocycles. The molecule has 0 bridgehead atoms. The number of aliphatic hydroxyl groups is 1. The second-order valence-corrected chi connectivity index (χ2v) is 5.66. The van der Waals surface area contributed by atoms with Crippen molar-refractivity contribution in [1.29, 1.82) is 0 Å². The van der Waals surface area contributed by atoms with Crippen LogP contribution in [0.5, 0.6) is 0 Å². The van der Waals surface area contributed by atoms with E-state index >= 15 is 0 Å². The van der Waals surface area contributed by atoms with Crippen LogP contribution in [0.1, 0.15) is 42.1 Å². The first-order valence-corrected chi connectivity index (χ1v) is 7.63. The Balaban J connectivity index is 2.02. The number of hydrogen-bond donors (Lipinski definition) is 4. The first kappa shape index (κ1) is 16.3. The number of aliphatic hydroxyl groups excluding tert-OH is 1. The summed E-state index contributed by atoms with van der Waals surface area (Å²) in [7, 11) is 0. The van der Waals surface area contributed by atoms with Crippen molar-refractivity contribution in [3.63, 3.8) is 0 Å². The fourth-order valence-corrected chi connectivity index (χ4v) is 2.01. The number of aryl methyl sites for hydroxylation is 1. The van der Waals surface area contributed by atoms with Gasteiger partial charge in [-0.2, -0.15) is 0 Å². The average Bonchev–Trinajstić information content (AvgIpc) is 3.30. The second-order valence-electron chi connectivity index (χ2n) is 5.66. The Morgan fingerprint density at radius 3 is 2.68 bits per heavy atom. The zero-order valence-corrected chi connectivity index (χ0v) is 13.0. The normalized spacial score (nSPS) is 15.0. The van der Waals surface area contributed by atoms with Crippen molar-refractivity contribution in [2.24, 2.45) is 0 Å². The number of anilines is 1. The SMILES string of the molecule is CCC(CO)NC(=O)Nc1cc(C(=O)NC2CC2)ccc1C. The van der Waals surface area contributed by atoms with E-state index < -0.39 is 0 Å². The molecule has 1 saturated carbocycles. The number of carbonyl (C=O) groups is 2. The molecule has 0 aliphatic heterocycles. The van der Waals surface area contributed by atoms with E-state index in [1.165, 1.54) is 0 Å². The molecule has 1 aliphatic rings. The molecule has 6 heteroatoms. The van der Waals surface area contributed by atoms with Crippen LogP contribution in [0, 0.1) is 6.92 Å². The molecule has 0 spiro atoms. The highest BCUT2D eigenvalue weighted by Crippen LogP contribution is 2.21. The first-order chi connectivity index (χ1) is 10.5. The predicted octanol–water partition coefficient (Wildman–Crippen LogP) is 1.78. The smallest absolute Gasteiger partial charge is 0.319 e. The van der Waals surface area contributed by atoms with Gasteiger partial charge in [0.05, 0.1) is 12.6 Å². The Morgan fingerprint density at radius 2 is 2.09 bits per heavy atom. The Hall–Kier alpha value is -2.08. The maximum Gasteiger partial charge on any atom is 0.319 e. The molecule has 4 N–H and O–H groups in total. The standard InChI is InChI=1S/C16H23N3O3/c1-3-12(9-20)18-16(22)19-14-8-11(5-4-10(14)2)15(21)17-13-6-7-13/h4-5,8,12-13,20H,3,6-7,9H2,1-2H3,(H,17,21)(H2,18,19,22). The third kappa shape index (κ3) is 4.46. The Labute approximate surface area is 130 Å². The van der Waals surface area contributed by atoms with Crippen LogP contribution in [0.25, 0.3) is 0 Å². The Kier molecular flexibility index (Phi) is 5.38. The third-order valence-corrected chi connectivity index (χ3v) is 3.71. The number of carbonyl (C=O) groups excluding carboxylic acids is 2. The van der Waals surface area contributed by atoms with Gasteiger partial charge in [0.15, 0.2) is 0 Å². The maximum atomic E-state index is 12.0. The van der Waals surface area contributed by atoms with Gasteiger partial charge in [-0.25, -0.2) is 4.79 Å². The molecule has 1 aromatic rings. The van der Waals surface area contributed by atoms with E-state index in [2.05, 4.69) is 16.0 Å². The van der Waals surface area contributed by atoms with E-state index in [4.69, 9.17) is 5.11 Å². The Morgan fingerprint density at radius 1 is 1.36 bits per heavy atom. The second kappa shape index (κ2) is 7.26. The van der Waals surface area contributed by atoms with Gasteiger partial charge in [-0.05, 0) is 43.9 Å².